The molecule has 1 aromatic carbocycles. The normalized spacial score (nSPS) is 17.8. The third-order valence-electron chi connectivity index (χ3n) is 5.12. The SMILES string of the molecule is Cn1c(C2CCCN(C(=O)Cc3c[nH]c4cc(F)ccc34)C2)n[nH]c1=S. The average Bonchev–Trinajstić information content (AvgIpc) is 3.18. The van der Waals surface area contributed by atoms with E-state index < -0.39 is 0 Å². The van der Waals surface area contributed by atoms with Gasteiger partial charge >= 0.3 is 0 Å². The van der Waals surface area contributed by atoms with E-state index in [1.165, 1.54) is 12.1 Å². The smallest absolute Gasteiger partial charge is 0.227 e. The Morgan fingerprint density at radius 1 is 1.46 bits per heavy atom. The highest BCUT2D eigenvalue weighted by atomic mass is 32.1. The molecule has 1 amide bonds. The van der Waals surface area contributed by atoms with Crippen LogP contribution in [0.2, 0.25) is 0 Å². The molecule has 4 rings (SSSR count). The summed E-state index contributed by atoms with van der Waals surface area (Å²) in [6.45, 7) is 1.39. The molecule has 1 fully saturated rings. The molecule has 1 unspecified atom stereocenters. The Bertz CT molecular complexity index is 1020. The van der Waals surface area contributed by atoms with E-state index in [1.807, 2.05) is 16.5 Å². The summed E-state index contributed by atoms with van der Waals surface area (Å²) < 4.78 is 15.8. The first-order valence-corrected chi connectivity index (χ1v) is 9.08. The Kier molecular flexibility index (Phi) is 4.36. The van der Waals surface area contributed by atoms with E-state index in [0.29, 0.717) is 23.3 Å². The van der Waals surface area contributed by atoms with E-state index in [0.717, 1.165) is 36.2 Å². The number of amides is 1. The summed E-state index contributed by atoms with van der Waals surface area (Å²) >= 11 is 5.19. The highest BCUT2D eigenvalue weighted by Gasteiger charge is 2.27. The first-order valence-electron chi connectivity index (χ1n) is 8.67. The number of nitrogens with one attached hydrogen (secondary N) is 2. The van der Waals surface area contributed by atoms with Gasteiger partial charge in [0.15, 0.2) is 4.77 Å². The molecule has 0 spiro atoms. The van der Waals surface area contributed by atoms with Gasteiger partial charge in [-0.2, -0.15) is 5.10 Å². The monoisotopic (exact) mass is 373 g/mol. The second kappa shape index (κ2) is 6.68. The lowest BCUT2D eigenvalue weighted by molar-refractivity contribution is -0.131. The fourth-order valence-corrected chi connectivity index (χ4v) is 3.86. The van der Waals surface area contributed by atoms with Crippen LogP contribution in [0.15, 0.2) is 24.4 Å². The van der Waals surface area contributed by atoms with Crippen LogP contribution in [0.25, 0.3) is 10.9 Å². The van der Waals surface area contributed by atoms with Crippen LogP contribution >= 0.6 is 12.2 Å². The van der Waals surface area contributed by atoms with Crippen molar-refractivity contribution >= 4 is 29.0 Å². The van der Waals surface area contributed by atoms with Crippen LogP contribution in [-0.2, 0) is 18.3 Å². The molecule has 136 valence electrons. The highest BCUT2D eigenvalue weighted by molar-refractivity contribution is 7.71. The fourth-order valence-electron chi connectivity index (χ4n) is 3.72. The molecule has 0 saturated carbocycles. The second-order valence-electron chi connectivity index (χ2n) is 6.81. The number of carbonyl (C=O) groups is 1. The highest BCUT2D eigenvalue weighted by Crippen LogP contribution is 2.26. The summed E-state index contributed by atoms with van der Waals surface area (Å²) in [4.78, 5) is 17.8. The van der Waals surface area contributed by atoms with Gasteiger partial charge in [0, 0.05) is 43.2 Å². The maximum absolute atomic E-state index is 13.3. The predicted molar refractivity (Wildman–Crippen MR) is 98.9 cm³/mol. The second-order valence-corrected chi connectivity index (χ2v) is 7.19. The quantitative estimate of drug-likeness (QED) is 0.694. The Morgan fingerprint density at radius 2 is 2.31 bits per heavy atom. The first-order chi connectivity index (χ1) is 12.5. The number of aromatic amines is 2. The minimum Gasteiger partial charge on any atom is -0.361 e. The van der Waals surface area contributed by atoms with Crippen LogP contribution in [-0.4, -0.2) is 43.6 Å². The van der Waals surface area contributed by atoms with Crippen LogP contribution in [0.5, 0.6) is 0 Å². The van der Waals surface area contributed by atoms with Crippen molar-refractivity contribution in [3.8, 4) is 0 Å². The zero-order valence-electron chi connectivity index (χ0n) is 14.5. The average molecular weight is 373 g/mol. The van der Waals surface area contributed by atoms with Gasteiger partial charge in [-0.1, -0.05) is 0 Å². The van der Waals surface area contributed by atoms with Gasteiger partial charge < -0.3 is 14.5 Å². The minimum atomic E-state index is -0.288. The number of fused-ring (bicyclic) bond motifs is 1. The van der Waals surface area contributed by atoms with Crippen molar-refractivity contribution in [3.05, 3.63) is 46.4 Å². The molecule has 8 heteroatoms. The van der Waals surface area contributed by atoms with Gasteiger partial charge in [-0.3, -0.25) is 9.89 Å². The number of carbonyl (C=O) groups excluding carboxylic acids is 1. The summed E-state index contributed by atoms with van der Waals surface area (Å²) in [6, 6.07) is 4.59. The number of benzene rings is 1. The molecular formula is C18H20FN5OS. The molecule has 1 aliphatic rings. The van der Waals surface area contributed by atoms with Crippen molar-refractivity contribution in [1.29, 1.82) is 0 Å². The first kappa shape index (κ1) is 17.0. The molecule has 0 bridgehead atoms. The van der Waals surface area contributed by atoms with Gasteiger partial charge in [-0.15, -0.1) is 0 Å². The van der Waals surface area contributed by atoms with Crippen LogP contribution in [0.4, 0.5) is 4.39 Å². The summed E-state index contributed by atoms with van der Waals surface area (Å²) in [6.07, 6.45) is 4.02. The summed E-state index contributed by atoms with van der Waals surface area (Å²) in [5.74, 6) is 0.874. The van der Waals surface area contributed by atoms with Crippen molar-refractivity contribution in [2.75, 3.05) is 13.1 Å². The molecule has 2 aromatic heterocycles. The van der Waals surface area contributed by atoms with Crippen LogP contribution in [0, 0.1) is 10.6 Å². The zero-order valence-corrected chi connectivity index (χ0v) is 15.3. The largest absolute Gasteiger partial charge is 0.361 e. The van der Waals surface area contributed by atoms with E-state index in [2.05, 4.69) is 15.2 Å². The van der Waals surface area contributed by atoms with Gasteiger partial charge in [0.25, 0.3) is 0 Å². The molecular weight excluding hydrogens is 353 g/mol. The summed E-state index contributed by atoms with van der Waals surface area (Å²) in [5, 5.41) is 8.03. The number of aromatic nitrogens is 4. The molecule has 0 aliphatic carbocycles. The van der Waals surface area contributed by atoms with Crippen LogP contribution < -0.4 is 0 Å². The molecule has 3 aromatic rings. The van der Waals surface area contributed by atoms with E-state index in [9.17, 15) is 9.18 Å². The number of H-pyrrole nitrogens is 2. The Hall–Kier alpha value is -2.48. The Labute approximate surface area is 155 Å². The summed E-state index contributed by atoms with van der Waals surface area (Å²) in [7, 11) is 1.90. The van der Waals surface area contributed by atoms with Gasteiger partial charge in [-0.25, -0.2) is 4.39 Å². The number of nitrogens with zero attached hydrogens (tertiary/aromatic N) is 3. The molecule has 1 aliphatic heterocycles. The molecule has 1 saturated heterocycles. The van der Waals surface area contributed by atoms with E-state index in [-0.39, 0.29) is 17.6 Å². The maximum Gasteiger partial charge on any atom is 0.227 e. The fraction of sp³-hybridized carbons (Fsp3) is 0.389. The minimum absolute atomic E-state index is 0.0803. The number of piperidine rings is 1. The van der Waals surface area contributed by atoms with Gasteiger partial charge in [-0.05, 0) is 48.8 Å². The summed E-state index contributed by atoms with van der Waals surface area (Å²) in [5.41, 5.74) is 1.61. The number of hydrogen-bond acceptors (Lipinski definition) is 3. The van der Waals surface area contributed by atoms with Crippen LogP contribution in [0.3, 0.4) is 0 Å². The van der Waals surface area contributed by atoms with E-state index >= 15 is 0 Å². The molecule has 26 heavy (non-hydrogen) atoms. The van der Waals surface area contributed by atoms with Crippen molar-refractivity contribution in [3.63, 3.8) is 0 Å². The molecule has 3 heterocycles. The zero-order chi connectivity index (χ0) is 18.3. The number of likely N-dealkylation sites (tertiary alicyclic amines) is 1. The van der Waals surface area contributed by atoms with Crippen molar-refractivity contribution < 1.29 is 9.18 Å². The van der Waals surface area contributed by atoms with Crippen molar-refractivity contribution in [2.24, 2.45) is 7.05 Å². The third kappa shape index (κ3) is 3.05. The predicted octanol–water partition coefficient (Wildman–Crippen LogP) is 3.05. The topological polar surface area (TPSA) is 69.7 Å². The van der Waals surface area contributed by atoms with Crippen LogP contribution in [0.1, 0.15) is 30.1 Å². The third-order valence-corrected chi connectivity index (χ3v) is 5.49. The Morgan fingerprint density at radius 3 is 3.08 bits per heavy atom. The number of rotatable bonds is 3. The van der Waals surface area contributed by atoms with Crippen molar-refractivity contribution in [2.45, 2.75) is 25.2 Å². The maximum atomic E-state index is 13.3. The lowest BCUT2D eigenvalue weighted by Crippen LogP contribution is -2.40. The van der Waals surface area contributed by atoms with Gasteiger partial charge in [0.05, 0.1) is 6.42 Å². The lowest BCUT2D eigenvalue weighted by atomic mass is 9.96. The van der Waals surface area contributed by atoms with Crippen molar-refractivity contribution in [1.82, 2.24) is 24.6 Å². The molecule has 1 atom stereocenters. The molecule has 0 radical (unpaired) electrons. The Balaban J connectivity index is 1.50. The standard InChI is InChI=1S/C18H20FN5OS/c1-23-17(21-22-18(23)26)11-3-2-6-24(10-11)16(25)7-12-9-20-15-8-13(19)4-5-14(12)15/h4-5,8-9,11,20H,2-3,6-7,10H2,1H3,(H,22,26). The van der Waals surface area contributed by atoms with Gasteiger partial charge in [0.2, 0.25) is 5.91 Å². The van der Waals surface area contributed by atoms with Gasteiger partial charge in [0.1, 0.15) is 11.6 Å². The van der Waals surface area contributed by atoms with E-state index in [4.69, 9.17) is 12.2 Å². The molecule has 6 nitrogen and oxygen atoms in total. The molecule has 2 N–H and O–H groups in total. The van der Waals surface area contributed by atoms with E-state index in [1.54, 1.807) is 12.3 Å². The number of halogens is 1. The number of hydrogen-bond donors (Lipinski definition) is 2. The lowest BCUT2D eigenvalue weighted by Gasteiger charge is -2.32.